The molecule has 0 atom stereocenters. The monoisotopic (exact) mass is 333 g/mol. The molecule has 128 valence electrons. The van der Waals surface area contributed by atoms with Crippen molar-refractivity contribution in [1.82, 2.24) is 19.5 Å². The molecule has 0 unspecified atom stereocenters. The summed E-state index contributed by atoms with van der Waals surface area (Å²) in [5.74, 6) is 3.13. The summed E-state index contributed by atoms with van der Waals surface area (Å²) in [7, 11) is 0. The van der Waals surface area contributed by atoms with Gasteiger partial charge in [0.25, 0.3) is 0 Å². The number of anilines is 2. The maximum Gasteiger partial charge on any atom is 0.229 e. The van der Waals surface area contributed by atoms with Gasteiger partial charge in [-0.05, 0) is 56.0 Å². The number of nitrogens with one attached hydrogen (secondary N) is 1. The summed E-state index contributed by atoms with van der Waals surface area (Å²) < 4.78 is 2.10. The van der Waals surface area contributed by atoms with Crippen LogP contribution in [-0.2, 0) is 0 Å². The van der Waals surface area contributed by atoms with Crippen LogP contribution in [0.25, 0.3) is 5.82 Å². The van der Waals surface area contributed by atoms with Crippen molar-refractivity contribution >= 4 is 11.6 Å². The molecule has 2 aromatic heterocycles. The molecule has 0 bridgehead atoms. The van der Waals surface area contributed by atoms with Crippen molar-refractivity contribution in [1.29, 1.82) is 0 Å². The molecule has 1 aliphatic rings. The van der Waals surface area contributed by atoms with Crippen LogP contribution in [0.15, 0.2) is 42.9 Å². The van der Waals surface area contributed by atoms with Gasteiger partial charge in [0.05, 0.1) is 0 Å². The molecule has 5 heteroatoms. The fourth-order valence-electron chi connectivity index (χ4n) is 3.71. The Balaban J connectivity index is 1.63. The van der Waals surface area contributed by atoms with Crippen molar-refractivity contribution in [2.75, 3.05) is 5.32 Å². The van der Waals surface area contributed by atoms with Crippen LogP contribution in [0.1, 0.15) is 48.6 Å². The Morgan fingerprint density at radius 2 is 1.76 bits per heavy atom. The molecule has 0 amide bonds. The first-order valence-electron chi connectivity index (χ1n) is 8.91. The average molecular weight is 333 g/mol. The van der Waals surface area contributed by atoms with E-state index >= 15 is 0 Å². The fourth-order valence-corrected chi connectivity index (χ4v) is 3.71. The highest BCUT2D eigenvalue weighted by Gasteiger charge is 2.22. The molecular weight excluding hydrogens is 310 g/mol. The average Bonchev–Trinajstić information content (AvgIpc) is 3.25. The molecule has 25 heavy (non-hydrogen) atoms. The summed E-state index contributed by atoms with van der Waals surface area (Å²) in [5, 5.41) is 3.32. The second kappa shape index (κ2) is 6.67. The van der Waals surface area contributed by atoms with E-state index in [9.17, 15) is 0 Å². The molecule has 2 heterocycles. The van der Waals surface area contributed by atoms with E-state index in [0.29, 0.717) is 11.9 Å². The van der Waals surface area contributed by atoms with E-state index in [4.69, 9.17) is 4.98 Å². The Hall–Kier alpha value is -2.69. The maximum absolute atomic E-state index is 4.70. The van der Waals surface area contributed by atoms with Crippen LogP contribution in [0.4, 0.5) is 11.6 Å². The minimum atomic E-state index is 0.542. The Labute approximate surface area is 148 Å². The van der Waals surface area contributed by atoms with Crippen LogP contribution in [0.5, 0.6) is 0 Å². The van der Waals surface area contributed by atoms with Crippen LogP contribution >= 0.6 is 0 Å². The predicted octanol–water partition coefficient (Wildman–Crippen LogP) is 4.68. The molecule has 0 aliphatic heterocycles. The molecule has 3 aromatic rings. The number of imidazole rings is 1. The number of aryl methyl sites for hydroxylation is 2. The lowest BCUT2D eigenvalue weighted by molar-refractivity contribution is 0.651. The third kappa shape index (κ3) is 3.40. The number of aromatic nitrogens is 4. The molecule has 1 aliphatic carbocycles. The zero-order valence-corrected chi connectivity index (χ0v) is 14.7. The minimum Gasteiger partial charge on any atom is -0.324 e. The van der Waals surface area contributed by atoms with E-state index < -0.39 is 0 Å². The lowest BCUT2D eigenvalue weighted by Gasteiger charge is -2.13. The highest BCUT2D eigenvalue weighted by atomic mass is 15.2. The van der Waals surface area contributed by atoms with Gasteiger partial charge in [-0.1, -0.05) is 18.9 Å². The third-order valence-corrected chi connectivity index (χ3v) is 4.76. The lowest BCUT2D eigenvalue weighted by Crippen LogP contribution is -2.08. The number of benzene rings is 1. The Bertz CT molecular complexity index is 857. The second-order valence-electron chi connectivity index (χ2n) is 6.88. The van der Waals surface area contributed by atoms with Crippen LogP contribution in [-0.4, -0.2) is 19.5 Å². The van der Waals surface area contributed by atoms with Gasteiger partial charge in [0.2, 0.25) is 5.95 Å². The van der Waals surface area contributed by atoms with Gasteiger partial charge < -0.3 is 5.32 Å². The van der Waals surface area contributed by atoms with Crippen LogP contribution < -0.4 is 5.32 Å². The van der Waals surface area contributed by atoms with E-state index in [-0.39, 0.29) is 0 Å². The zero-order valence-electron chi connectivity index (χ0n) is 14.7. The van der Waals surface area contributed by atoms with Crippen LogP contribution in [0.2, 0.25) is 0 Å². The van der Waals surface area contributed by atoms with E-state index in [2.05, 4.69) is 51.9 Å². The first kappa shape index (κ1) is 15.8. The first-order chi connectivity index (χ1) is 12.2. The first-order valence-corrected chi connectivity index (χ1v) is 8.91. The quantitative estimate of drug-likeness (QED) is 0.753. The van der Waals surface area contributed by atoms with Crippen molar-refractivity contribution in [2.24, 2.45) is 0 Å². The molecule has 1 N–H and O–H groups in total. The van der Waals surface area contributed by atoms with E-state index in [1.54, 1.807) is 6.20 Å². The molecule has 1 fully saturated rings. The highest BCUT2D eigenvalue weighted by molar-refractivity contribution is 5.56. The number of hydrogen-bond acceptors (Lipinski definition) is 4. The smallest absolute Gasteiger partial charge is 0.229 e. The van der Waals surface area contributed by atoms with Gasteiger partial charge in [-0.3, -0.25) is 4.57 Å². The summed E-state index contributed by atoms with van der Waals surface area (Å²) in [6.45, 7) is 4.18. The van der Waals surface area contributed by atoms with Gasteiger partial charge in [0.15, 0.2) is 0 Å². The highest BCUT2D eigenvalue weighted by Crippen LogP contribution is 2.33. The van der Waals surface area contributed by atoms with E-state index in [1.807, 2.05) is 18.5 Å². The molecule has 4 rings (SSSR count). The van der Waals surface area contributed by atoms with Gasteiger partial charge in [-0.25, -0.2) is 9.97 Å². The standard InChI is InChI=1S/C20H23N5/c1-14-11-15(2)13-17(12-14)23-20-22-8-7-18(24-20)25-10-9-21-19(25)16-5-3-4-6-16/h7-13,16H,3-6H2,1-2H3,(H,22,23,24). The van der Waals surface area contributed by atoms with Gasteiger partial charge in [0.1, 0.15) is 11.6 Å². The fraction of sp³-hybridized carbons (Fsp3) is 0.350. The largest absolute Gasteiger partial charge is 0.324 e. The van der Waals surface area contributed by atoms with Gasteiger partial charge in [0, 0.05) is 30.2 Å². The van der Waals surface area contributed by atoms with Crippen molar-refractivity contribution in [2.45, 2.75) is 45.4 Å². The van der Waals surface area contributed by atoms with Crippen LogP contribution in [0, 0.1) is 13.8 Å². The summed E-state index contributed by atoms with van der Waals surface area (Å²) in [6, 6.07) is 8.29. The second-order valence-corrected chi connectivity index (χ2v) is 6.88. The number of rotatable bonds is 4. The van der Waals surface area contributed by atoms with E-state index in [0.717, 1.165) is 17.3 Å². The summed E-state index contributed by atoms with van der Waals surface area (Å²) in [4.78, 5) is 13.7. The normalized spacial score (nSPS) is 14.8. The Morgan fingerprint density at radius 3 is 2.52 bits per heavy atom. The molecule has 5 nitrogen and oxygen atoms in total. The predicted molar refractivity (Wildman–Crippen MR) is 99.6 cm³/mol. The van der Waals surface area contributed by atoms with Gasteiger partial charge in [-0.15, -0.1) is 0 Å². The van der Waals surface area contributed by atoms with Gasteiger partial charge >= 0.3 is 0 Å². The molecular formula is C20H23N5. The lowest BCUT2D eigenvalue weighted by atomic mass is 10.1. The minimum absolute atomic E-state index is 0.542. The van der Waals surface area contributed by atoms with Crippen molar-refractivity contribution in [3.63, 3.8) is 0 Å². The Kier molecular flexibility index (Phi) is 4.22. The van der Waals surface area contributed by atoms with E-state index in [1.165, 1.54) is 36.8 Å². The molecule has 0 saturated heterocycles. The van der Waals surface area contributed by atoms with Crippen molar-refractivity contribution < 1.29 is 0 Å². The number of hydrogen-bond donors (Lipinski definition) is 1. The van der Waals surface area contributed by atoms with Gasteiger partial charge in [-0.2, -0.15) is 4.98 Å². The SMILES string of the molecule is Cc1cc(C)cc(Nc2nccc(-n3ccnc3C3CCCC3)n2)c1. The zero-order chi connectivity index (χ0) is 17.2. The molecule has 0 radical (unpaired) electrons. The topological polar surface area (TPSA) is 55.6 Å². The maximum atomic E-state index is 4.70. The number of nitrogens with zero attached hydrogens (tertiary/aromatic N) is 4. The Morgan fingerprint density at radius 1 is 1.00 bits per heavy atom. The van der Waals surface area contributed by atoms with Crippen molar-refractivity contribution in [3.05, 3.63) is 59.8 Å². The molecule has 1 saturated carbocycles. The molecule has 0 spiro atoms. The van der Waals surface area contributed by atoms with Crippen LogP contribution in [0.3, 0.4) is 0 Å². The van der Waals surface area contributed by atoms with Crippen molar-refractivity contribution in [3.8, 4) is 5.82 Å². The summed E-state index contributed by atoms with van der Waals surface area (Å²) in [5.41, 5.74) is 3.45. The molecule has 1 aromatic carbocycles. The summed E-state index contributed by atoms with van der Waals surface area (Å²) in [6.07, 6.45) is 10.7. The summed E-state index contributed by atoms with van der Waals surface area (Å²) >= 11 is 0. The third-order valence-electron chi connectivity index (χ3n) is 4.76.